The zero-order valence-corrected chi connectivity index (χ0v) is 11.9. The highest BCUT2D eigenvalue weighted by atomic mass is 16.5. The first kappa shape index (κ1) is 14.3. The van der Waals surface area contributed by atoms with Gasteiger partial charge in [-0.25, -0.2) is 4.79 Å². The number of rotatable bonds is 6. The summed E-state index contributed by atoms with van der Waals surface area (Å²) in [5, 5.41) is 15.5. The molecule has 2 N–H and O–H groups in total. The molecule has 2 aromatic rings. The Labute approximate surface area is 127 Å². The molecule has 1 aromatic carbocycles. The van der Waals surface area contributed by atoms with Crippen molar-refractivity contribution in [2.24, 2.45) is 0 Å². The van der Waals surface area contributed by atoms with Crippen molar-refractivity contribution in [3.63, 3.8) is 0 Å². The monoisotopic (exact) mass is 300 g/mol. The van der Waals surface area contributed by atoms with E-state index in [0.717, 1.165) is 18.4 Å². The van der Waals surface area contributed by atoms with Crippen LogP contribution in [-0.4, -0.2) is 28.2 Å². The van der Waals surface area contributed by atoms with Crippen molar-refractivity contribution in [1.29, 1.82) is 0 Å². The molecule has 22 heavy (non-hydrogen) atoms. The van der Waals surface area contributed by atoms with Crippen molar-refractivity contribution in [2.45, 2.75) is 31.2 Å². The molecule has 1 aromatic heterocycles. The van der Waals surface area contributed by atoms with Crippen molar-refractivity contribution in [1.82, 2.24) is 10.5 Å². The summed E-state index contributed by atoms with van der Waals surface area (Å²) in [6, 6.07) is 9.75. The second kappa shape index (κ2) is 6.01. The number of carbonyl (C=O) groups excluding carboxylic acids is 1. The second-order valence-corrected chi connectivity index (χ2v) is 5.44. The summed E-state index contributed by atoms with van der Waals surface area (Å²) in [7, 11) is 0. The van der Waals surface area contributed by atoms with E-state index < -0.39 is 17.9 Å². The molecular weight excluding hydrogens is 284 g/mol. The fourth-order valence-electron chi connectivity index (χ4n) is 2.24. The van der Waals surface area contributed by atoms with Crippen LogP contribution in [0, 0.1) is 0 Å². The predicted molar refractivity (Wildman–Crippen MR) is 77.5 cm³/mol. The van der Waals surface area contributed by atoms with Crippen LogP contribution in [-0.2, 0) is 11.2 Å². The molecule has 1 fully saturated rings. The Balaban J connectivity index is 1.67. The molecule has 114 valence electrons. The van der Waals surface area contributed by atoms with E-state index in [-0.39, 0.29) is 12.1 Å². The Hall–Kier alpha value is -2.63. The zero-order valence-electron chi connectivity index (χ0n) is 11.9. The fraction of sp³-hybridized carbons (Fsp3) is 0.312. The van der Waals surface area contributed by atoms with Gasteiger partial charge in [0.15, 0.2) is 5.69 Å². The van der Waals surface area contributed by atoms with E-state index in [4.69, 9.17) is 4.52 Å². The largest absolute Gasteiger partial charge is 0.480 e. The highest BCUT2D eigenvalue weighted by molar-refractivity contribution is 5.95. The van der Waals surface area contributed by atoms with E-state index in [1.165, 1.54) is 0 Å². The lowest BCUT2D eigenvalue weighted by molar-refractivity contribution is -0.139. The molecule has 6 heteroatoms. The maximum Gasteiger partial charge on any atom is 0.326 e. The smallest absolute Gasteiger partial charge is 0.326 e. The van der Waals surface area contributed by atoms with Gasteiger partial charge >= 0.3 is 5.97 Å². The molecule has 6 nitrogen and oxygen atoms in total. The number of aliphatic carboxylic acids is 1. The van der Waals surface area contributed by atoms with Crippen LogP contribution in [0.2, 0.25) is 0 Å². The Bertz CT molecular complexity index is 676. The Morgan fingerprint density at radius 3 is 2.68 bits per heavy atom. The van der Waals surface area contributed by atoms with Crippen molar-refractivity contribution in [2.75, 3.05) is 0 Å². The molecule has 1 atom stereocenters. The Morgan fingerprint density at radius 2 is 2.05 bits per heavy atom. The summed E-state index contributed by atoms with van der Waals surface area (Å²) in [4.78, 5) is 23.4. The molecular formula is C16H16N2O4. The number of carbonyl (C=O) groups is 2. The van der Waals surface area contributed by atoms with Gasteiger partial charge < -0.3 is 14.9 Å². The van der Waals surface area contributed by atoms with Gasteiger partial charge in [-0.2, -0.15) is 0 Å². The van der Waals surface area contributed by atoms with Crippen molar-refractivity contribution >= 4 is 11.9 Å². The standard InChI is InChI=1S/C16H16N2O4/c19-15(12-9-14(22-18-12)11-6-7-11)17-13(16(20)21)8-10-4-2-1-3-5-10/h1-5,9,11,13H,6-8H2,(H,17,19)(H,20,21). The fourth-order valence-corrected chi connectivity index (χ4v) is 2.24. The maximum absolute atomic E-state index is 12.1. The van der Waals surface area contributed by atoms with E-state index in [0.29, 0.717) is 11.7 Å². The number of hydrogen-bond acceptors (Lipinski definition) is 4. The number of aromatic nitrogens is 1. The van der Waals surface area contributed by atoms with Crippen LogP contribution in [0.15, 0.2) is 40.9 Å². The number of amides is 1. The number of hydrogen-bond donors (Lipinski definition) is 2. The highest BCUT2D eigenvalue weighted by Crippen LogP contribution is 2.40. The lowest BCUT2D eigenvalue weighted by Crippen LogP contribution is -2.42. The second-order valence-electron chi connectivity index (χ2n) is 5.44. The van der Waals surface area contributed by atoms with Gasteiger partial charge in [-0.1, -0.05) is 35.5 Å². The number of nitrogens with zero attached hydrogens (tertiary/aromatic N) is 1. The molecule has 0 aliphatic heterocycles. The molecule has 1 aliphatic carbocycles. The molecule has 0 spiro atoms. The first-order chi connectivity index (χ1) is 10.6. The molecule has 1 unspecified atom stereocenters. The van der Waals surface area contributed by atoms with Gasteiger partial charge in [0, 0.05) is 18.4 Å². The van der Waals surface area contributed by atoms with Gasteiger partial charge in [0.25, 0.3) is 5.91 Å². The number of nitrogens with one attached hydrogen (secondary N) is 1. The maximum atomic E-state index is 12.1. The van der Waals surface area contributed by atoms with Gasteiger partial charge in [-0.05, 0) is 18.4 Å². The first-order valence-electron chi connectivity index (χ1n) is 7.17. The third-order valence-corrected chi connectivity index (χ3v) is 3.63. The minimum atomic E-state index is -1.08. The van der Waals surface area contributed by atoms with Crippen LogP contribution in [0.3, 0.4) is 0 Å². The van der Waals surface area contributed by atoms with Crippen LogP contribution in [0.25, 0.3) is 0 Å². The lowest BCUT2D eigenvalue weighted by atomic mass is 10.1. The Morgan fingerprint density at radius 1 is 1.32 bits per heavy atom. The van der Waals surface area contributed by atoms with Gasteiger partial charge in [-0.15, -0.1) is 0 Å². The van der Waals surface area contributed by atoms with Gasteiger partial charge in [-0.3, -0.25) is 4.79 Å². The van der Waals surface area contributed by atoms with E-state index in [1.54, 1.807) is 6.07 Å². The van der Waals surface area contributed by atoms with Gasteiger partial charge in [0.1, 0.15) is 11.8 Å². The predicted octanol–water partition coefficient (Wildman–Crippen LogP) is 1.98. The molecule has 1 aliphatic rings. The van der Waals surface area contributed by atoms with Crippen LogP contribution < -0.4 is 5.32 Å². The molecule has 1 heterocycles. The zero-order chi connectivity index (χ0) is 15.5. The van der Waals surface area contributed by atoms with E-state index in [2.05, 4.69) is 10.5 Å². The summed E-state index contributed by atoms with van der Waals surface area (Å²) in [5.74, 6) is -0.559. The van der Waals surface area contributed by atoms with E-state index in [1.807, 2.05) is 30.3 Å². The molecule has 0 bridgehead atoms. The molecule has 0 saturated heterocycles. The molecule has 0 radical (unpaired) electrons. The van der Waals surface area contributed by atoms with Crippen LogP contribution in [0.5, 0.6) is 0 Å². The summed E-state index contributed by atoms with van der Waals surface area (Å²) in [5.41, 5.74) is 0.968. The third-order valence-electron chi connectivity index (χ3n) is 3.63. The minimum absolute atomic E-state index is 0.126. The van der Waals surface area contributed by atoms with Crippen molar-refractivity contribution in [3.05, 3.63) is 53.4 Å². The topological polar surface area (TPSA) is 92.4 Å². The van der Waals surface area contributed by atoms with Crippen LogP contribution in [0.1, 0.15) is 40.6 Å². The van der Waals surface area contributed by atoms with Crippen molar-refractivity contribution < 1.29 is 19.2 Å². The first-order valence-corrected chi connectivity index (χ1v) is 7.17. The normalized spacial score (nSPS) is 15.3. The minimum Gasteiger partial charge on any atom is -0.480 e. The molecule has 3 rings (SSSR count). The average molecular weight is 300 g/mol. The SMILES string of the molecule is O=C(NC(Cc1ccccc1)C(=O)O)c1cc(C2CC2)on1. The van der Waals surface area contributed by atoms with Crippen molar-refractivity contribution in [3.8, 4) is 0 Å². The summed E-state index contributed by atoms with van der Waals surface area (Å²) < 4.78 is 5.11. The van der Waals surface area contributed by atoms with Crippen LogP contribution >= 0.6 is 0 Å². The lowest BCUT2D eigenvalue weighted by Gasteiger charge is -2.13. The number of carboxylic acid groups (broad SMARTS) is 1. The Kier molecular flexibility index (Phi) is 3.91. The summed E-state index contributed by atoms with van der Waals surface area (Å²) in [6.45, 7) is 0. The highest BCUT2D eigenvalue weighted by Gasteiger charge is 2.29. The third kappa shape index (κ3) is 3.33. The molecule has 1 saturated carbocycles. The van der Waals surface area contributed by atoms with E-state index in [9.17, 15) is 14.7 Å². The molecule has 1 amide bonds. The van der Waals surface area contributed by atoms with Crippen LogP contribution in [0.4, 0.5) is 0 Å². The summed E-state index contributed by atoms with van der Waals surface area (Å²) in [6.07, 6.45) is 2.30. The average Bonchev–Trinajstić information content (AvgIpc) is 3.24. The van der Waals surface area contributed by atoms with Gasteiger partial charge in [0.05, 0.1) is 0 Å². The summed E-state index contributed by atoms with van der Waals surface area (Å²) >= 11 is 0. The quantitative estimate of drug-likeness (QED) is 0.851. The van der Waals surface area contributed by atoms with Gasteiger partial charge in [0.2, 0.25) is 0 Å². The number of carboxylic acids is 1. The van der Waals surface area contributed by atoms with E-state index >= 15 is 0 Å². The number of benzene rings is 1.